The molecule has 0 unspecified atom stereocenters. The third-order valence-electron chi connectivity index (χ3n) is 6.66. The van der Waals surface area contributed by atoms with Gasteiger partial charge in [-0.15, -0.1) is 0 Å². The van der Waals surface area contributed by atoms with Crippen LogP contribution in [-0.2, 0) is 6.54 Å². The van der Waals surface area contributed by atoms with Crippen LogP contribution in [0.3, 0.4) is 0 Å². The molecule has 0 atom stereocenters. The van der Waals surface area contributed by atoms with E-state index in [1.165, 1.54) is 0 Å². The molecule has 0 bridgehead atoms. The minimum absolute atomic E-state index is 0.216. The number of rotatable bonds is 9. The number of aryl methyl sites for hydroxylation is 1. The van der Waals surface area contributed by atoms with Gasteiger partial charge in [0.25, 0.3) is 0 Å². The van der Waals surface area contributed by atoms with E-state index < -0.39 is 0 Å². The molecule has 5 rings (SSSR count). The van der Waals surface area contributed by atoms with Gasteiger partial charge in [-0.1, -0.05) is 0 Å². The van der Waals surface area contributed by atoms with Crippen molar-refractivity contribution in [3.05, 3.63) is 66.1 Å². The van der Waals surface area contributed by atoms with Crippen LogP contribution in [0.15, 0.2) is 55.0 Å². The van der Waals surface area contributed by atoms with Gasteiger partial charge < -0.3 is 24.6 Å². The molecule has 1 aliphatic rings. The van der Waals surface area contributed by atoms with Gasteiger partial charge in [0, 0.05) is 55.9 Å². The number of piperazine rings is 1. The summed E-state index contributed by atoms with van der Waals surface area (Å²) in [5, 5.41) is 20.8. The Morgan fingerprint density at radius 1 is 1.10 bits per heavy atom. The van der Waals surface area contributed by atoms with Crippen molar-refractivity contribution in [3.63, 3.8) is 0 Å². The smallest absolute Gasteiger partial charge is 0.321 e. The number of anilines is 2. The molecule has 4 aromatic rings. The minimum atomic E-state index is -0.216. The number of aldehydes is 1. The lowest BCUT2D eigenvalue weighted by Gasteiger charge is -2.37. The zero-order valence-electron chi connectivity index (χ0n) is 22.0. The number of amides is 2. The number of carbonyl (C=O) groups excluding carboxylic acids is 2. The van der Waals surface area contributed by atoms with Crippen molar-refractivity contribution in [1.29, 1.82) is 5.26 Å². The average Bonchev–Trinajstić information content (AvgIpc) is 3.52. The van der Waals surface area contributed by atoms with Crippen LogP contribution in [0.25, 0.3) is 10.9 Å². The number of nitrogens with one attached hydrogen (secondary N) is 1. The van der Waals surface area contributed by atoms with Gasteiger partial charge in [-0.3, -0.25) is 9.78 Å². The summed E-state index contributed by atoms with van der Waals surface area (Å²) in [4.78, 5) is 34.7. The van der Waals surface area contributed by atoms with Crippen molar-refractivity contribution >= 4 is 34.6 Å². The summed E-state index contributed by atoms with van der Waals surface area (Å²) < 4.78 is 11.6. The summed E-state index contributed by atoms with van der Waals surface area (Å²) in [7, 11) is 1.57. The topological polar surface area (TPSA) is 138 Å². The molecule has 1 fully saturated rings. The SMILES string of the molecule is COc1cc2c(N3CCN(C(=O)Nc4ccc(C#N)cc4)CC3)c(C=O)cnc2cc1OCCCn1nccn1. The van der Waals surface area contributed by atoms with Crippen LogP contribution < -0.4 is 19.7 Å². The summed E-state index contributed by atoms with van der Waals surface area (Å²) in [6.07, 6.45) is 6.34. The quantitative estimate of drug-likeness (QED) is 0.250. The van der Waals surface area contributed by atoms with E-state index >= 15 is 0 Å². The van der Waals surface area contributed by atoms with Crippen molar-refractivity contribution in [3.8, 4) is 17.6 Å². The number of benzene rings is 2. The lowest BCUT2D eigenvalue weighted by atomic mass is 10.1. The second-order valence-corrected chi connectivity index (χ2v) is 9.12. The fourth-order valence-corrected chi connectivity index (χ4v) is 4.62. The molecule has 1 saturated heterocycles. The third-order valence-corrected chi connectivity index (χ3v) is 6.66. The number of pyridine rings is 1. The molecule has 12 nitrogen and oxygen atoms in total. The van der Waals surface area contributed by atoms with E-state index in [2.05, 4.69) is 31.5 Å². The molecule has 2 amide bonds. The number of methoxy groups -OCH3 is 1. The number of aromatic nitrogens is 4. The van der Waals surface area contributed by atoms with E-state index in [4.69, 9.17) is 14.7 Å². The molecule has 0 aliphatic carbocycles. The predicted molar refractivity (Wildman–Crippen MR) is 148 cm³/mol. The van der Waals surface area contributed by atoms with Crippen molar-refractivity contribution in [2.45, 2.75) is 13.0 Å². The van der Waals surface area contributed by atoms with Gasteiger partial charge >= 0.3 is 6.03 Å². The van der Waals surface area contributed by atoms with Crippen LogP contribution in [0, 0.1) is 11.3 Å². The van der Waals surface area contributed by atoms with Crippen LogP contribution in [-0.4, -0.2) is 77.1 Å². The lowest BCUT2D eigenvalue weighted by molar-refractivity contribution is 0.112. The molecule has 2 aromatic carbocycles. The highest BCUT2D eigenvalue weighted by Gasteiger charge is 2.25. The van der Waals surface area contributed by atoms with Gasteiger partial charge in [-0.05, 0) is 30.3 Å². The molecule has 0 spiro atoms. The monoisotopic (exact) mass is 540 g/mol. The van der Waals surface area contributed by atoms with E-state index in [1.807, 2.05) is 12.1 Å². The number of carbonyl (C=O) groups is 2. The molecule has 204 valence electrons. The maximum atomic E-state index is 12.8. The number of urea groups is 1. The number of hydrogen-bond acceptors (Lipinski definition) is 9. The van der Waals surface area contributed by atoms with E-state index in [1.54, 1.807) is 59.7 Å². The second-order valence-electron chi connectivity index (χ2n) is 9.12. The van der Waals surface area contributed by atoms with Crippen molar-refractivity contribution < 1.29 is 19.1 Å². The Balaban J connectivity index is 1.29. The molecule has 0 radical (unpaired) electrons. The maximum absolute atomic E-state index is 12.8. The first kappa shape index (κ1) is 26.4. The molecule has 1 N–H and O–H groups in total. The highest BCUT2D eigenvalue weighted by molar-refractivity contribution is 6.02. The fraction of sp³-hybridized carbons (Fsp3) is 0.286. The third kappa shape index (κ3) is 5.78. The molecular weight excluding hydrogens is 512 g/mol. The first-order chi connectivity index (χ1) is 19.6. The zero-order chi connectivity index (χ0) is 27.9. The van der Waals surface area contributed by atoms with Crippen LogP contribution >= 0.6 is 0 Å². The second kappa shape index (κ2) is 12.1. The van der Waals surface area contributed by atoms with Crippen molar-refractivity contribution in [1.82, 2.24) is 24.9 Å². The van der Waals surface area contributed by atoms with Gasteiger partial charge in [0.05, 0.1) is 61.1 Å². The number of nitriles is 1. The molecule has 12 heteroatoms. The van der Waals surface area contributed by atoms with E-state index in [-0.39, 0.29) is 6.03 Å². The maximum Gasteiger partial charge on any atom is 0.321 e. The van der Waals surface area contributed by atoms with E-state index in [0.29, 0.717) is 79.6 Å². The highest BCUT2D eigenvalue weighted by atomic mass is 16.5. The lowest BCUT2D eigenvalue weighted by Crippen LogP contribution is -2.50. The zero-order valence-corrected chi connectivity index (χ0v) is 22.0. The molecular formula is C28H28N8O4. The van der Waals surface area contributed by atoms with Gasteiger partial charge in [0.1, 0.15) is 0 Å². The molecule has 1 aliphatic heterocycles. The summed E-state index contributed by atoms with van der Waals surface area (Å²) in [6, 6.07) is 12.2. The minimum Gasteiger partial charge on any atom is -0.493 e. The number of fused-ring (bicyclic) bond motifs is 1. The van der Waals surface area contributed by atoms with Gasteiger partial charge in [0.2, 0.25) is 0 Å². The van der Waals surface area contributed by atoms with Crippen molar-refractivity contribution in [2.24, 2.45) is 0 Å². The summed E-state index contributed by atoms with van der Waals surface area (Å²) in [5.74, 6) is 1.10. The summed E-state index contributed by atoms with van der Waals surface area (Å²) in [5.41, 5.74) is 3.04. The first-order valence-corrected chi connectivity index (χ1v) is 12.8. The van der Waals surface area contributed by atoms with Crippen LogP contribution in [0.4, 0.5) is 16.2 Å². The Bertz CT molecular complexity index is 1520. The predicted octanol–water partition coefficient (Wildman–Crippen LogP) is 3.34. The van der Waals surface area contributed by atoms with Gasteiger partial charge in [-0.2, -0.15) is 20.3 Å². The fourth-order valence-electron chi connectivity index (χ4n) is 4.62. The van der Waals surface area contributed by atoms with Gasteiger partial charge in [-0.25, -0.2) is 4.79 Å². The van der Waals surface area contributed by atoms with Crippen LogP contribution in [0.5, 0.6) is 11.5 Å². The Morgan fingerprint density at radius 3 is 2.52 bits per heavy atom. The number of hydrogen-bond donors (Lipinski definition) is 1. The molecule has 3 heterocycles. The molecule has 2 aromatic heterocycles. The Labute approximate surface area is 230 Å². The Morgan fingerprint density at radius 2 is 1.85 bits per heavy atom. The molecule has 40 heavy (non-hydrogen) atoms. The normalized spacial score (nSPS) is 13.1. The number of nitrogens with zero attached hydrogens (tertiary/aromatic N) is 7. The van der Waals surface area contributed by atoms with E-state index in [0.717, 1.165) is 17.4 Å². The largest absolute Gasteiger partial charge is 0.493 e. The highest BCUT2D eigenvalue weighted by Crippen LogP contribution is 2.37. The first-order valence-electron chi connectivity index (χ1n) is 12.8. The van der Waals surface area contributed by atoms with Crippen molar-refractivity contribution in [2.75, 3.05) is 50.1 Å². The summed E-state index contributed by atoms with van der Waals surface area (Å²) >= 11 is 0. The van der Waals surface area contributed by atoms with E-state index in [9.17, 15) is 9.59 Å². The van der Waals surface area contributed by atoms with Crippen LogP contribution in [0.1, 0.15) is 22.3 Å². The Hall–Kier alpha value is -5.18. The standard InChI is InChI=1S/C28H28N8O4/c1-39-25-15-23-24(16-26(25)40-14-2-9-36-31-7-8-32-36)30-18-21(19-37)27(23)34-10-12-35(13-11-34)28(38)33-22-5-3-20(17-29)4-6-22/h3-8,15-16,18-19H,2,9-14H2,1H3,(H,33,38). The average molecular weight is 541 g/mol. The summed E-state index contributed by atoms with van der Waals surface area (Å²) in [6.45, 7) is 3.06. The van der Waals surface area contributed by atoms with Crippen LogP contribution in [0.2, 0.25) is 0 Å². The van der Waals surface area contributed by atoms with Gasteiger partial charge in [0.15, 0.2) is 17.8 Å². The Kier molecular flexibility index (Phi) is 8.01. The molecule has 0 saturated carbocycles. The number of ether oxygens (including phenoxy) is 2.